The second-order valence-corrected chi connectivity index (χ2v) is 17.9. The van der Waals surface area contributed by atoms with Gasteiger partial charge in [-0.3, -0.25) is 19.1 Å². The number of hydrogen-bond donors (Lipinski definition) is 4. The summed E-state index contributed by atoms with van der Waals surface area (Å²) in [4.78, 5) is 8.55. The van der Waals surface area contributed by atoms with Crippen molar-refractivity contribution in [2.24, 2.45) is 0 Å². The van der Waals surface area contributed by atoms with Crippen LogP contribution in [0.4, 0.5) is 0 Å². The summed E-state index contributed by atoms with van der Waals surface area (Å²) in [6.45, 7) is 0. The van der Waals surface area contributed by atoms with Crippen LogP contribution in [0.15, 0.2) is 282 Å². The van der Waals surface area contributed by atoms with E-state index in [0.29, 0.717) is 0 Å². The van der Waals surface area contributed by atoms with Crippen molar-refractivity contribution in [2.75, 3.05) is 0 Å². The molecule has 0 heterocycles. The van der Waals surface area contributed by atoms with Crippen LogP contribution >= 0.6 is 0 Å². The molecule has 0 amide bonds. The van der Waals surface area contributed by atoms with Crippen molar-refractivity contribution in [3.63, 3.8) is 0 Å². The summed E-state index contributed by atoms with van der Waals surface area (Å²) in [6.07, 6.45) is 0. The Hall–Kier alpha value is -5.12. The molecule has 0 saturated heterocycles. The molecule has 0 fully saturated rings. The minimum atomic E-state index is -0.547. The van der Waals surface area contributed by atoms with Gasteiger partial charge in [-0.15, -0.1) is 0 Å². The van der Waals surface area contributed by atoms with Crippen LogP contribution in [0, 0.1) is 19.1 Å². The van der Waals surface area contributed by atoms with Gasteiger partial charge in [-0.2, -0.15) is 0 Å². The van der Waals surface area contributed by atoms with Crippen molar-refractivity contribution < 1.29 is 17.1 Å². The molecule has 9 heteroatoms. The van der Waals surface area contributed by atoms with Gasteiger partial charge in [0.15, 0.2) is 0 Å². The summed E-state index contributed by atoms with van der Waals surface area (Å²) in [6, 6.07) is 79.5. The molecule has 0 aromatic heterocycles. The third-order valence-electron chi connectivity index (χ3n) is 7.83. The standard InChI is InChI=1S/4C12H11NS.Cu/c4*13-14(11-7-3-1-4-8-11)12-9-5-2-6-10-12;/h4*1-10,13H;/q;;;;+2. The zero-order valence-corrected chi connectivity index (χ0v) is 35.2. The summed E-state index contributed by atoms with van der Waals surface area (Å²) >= 11 is 0. The first-order valence-electron chi connectivity index (χ1n) is 17.7. The molecule has 0 bridgehead atoms. The predicted octanol–water partition coefficient (Wildman–Crippen LogP) is 13.9. The van der Waals surface area contributed by atoms with Crippen LogP contribution in [0.5, 0.6) is 0 Å². The molecule has 4 nitrogen and oxygen atoms in total. The first-order valence-corrected chi connectivity index (χ1v) is 22.6. The Morgan fingerprint density at radius 2 is 0.263 bits per heavy atom. The van der Waals surface area contributed by atoms with Gasteiger partial charge in [0.1, 0.15) is 0 Å². The van der Waals surface area contributed by atoms with Gasteiger partial charge in [-0.1, -0.05) is 146 Å². The van der Waals surface area contributed by atoms with E-state index in [2.05, 4.69) is 0 Å². The van der Waals surface area contributed by atoms with Crippen molar-refractivity contribution in [3.8, 4) is 0 Å². The number of nitrogens with one attached hydrogen (secondary N) is 4. The minimum Gasteiger partial charge on any atom is -0.271 e. The molecule has 4 N–H and O–H groups in total. The average Bonchev–Trinajstić information content (AvgIpc) is 3.31. The molecule has 0 unspecified atom stereocenters. The molecule has 8 aromatic rings. The van der Waals surface area contributed by atoms with Crippen molar-refractivity contribution >= 4 is 42.8 Å². The van der Waals surface area contributed by atoms with E-state index >= 15 is 0 Å². The summed E-state index contributed by atoms with van der Waals surface area (Å²) in [7, 11) is -2.19. The van der Waals surface area contributed by atoms with Crippen molar-refractivity contribution in [2.45, 2.75) is 39.2 Å². The maximum absolute atomic E-state index is 8.08. The Kier molecular flexibility index (Phi) is 19.7. The van der Waals surface area contributed by atoms with Gasteiger partial charge in [0.2, 0.25) is 0 Å². The van der Waals surface area contributed by atoms with Crippen LogP contribution in [-0.4, -0.2) is 0 Å². The normalized spacial score (nSPS) is 10.2. The van der Waals surface area contributed by atoms with E-state index in [-0.39, 0.29) is 17.1 Å². The maximum Gasteiger partial charge on any atom is 2.00 e. The van der Waals surface area contributed by atoms with Gasteiger partial charge >= 0.3 is 17.1 Å². The summed E-state index contributed by atoms with van der Waals surface area (Å²) in [5, 5.41) is 0. The fourth-order valence-corrected chi connectivity index (χ4v) is 9.52. The van der Waals surface area contributed by atoms with E-state index in [1.165, 1.54) is 0 Å². The van der Waals surface area contributed by atoms with Crippen LogP contribution < -0.4 is 0 Å². The topological polar surface area (TPSA) is 95.4 Å². The minimum absolute atomic E-state index is 0. The molecule has 8 rings (SSSR count). The Balaban J connectivity index is 0.000000167. The van der Waals surface area contributed by atoms with E-state index in [1.807, 2.05) is 243 Å². The molecule has 0 aliphatic heterocycles. The Labute approximate surface area is 358 Å². The SMILES string of the molecule is N=S(c1ccccc1)c1ccccc1.N=S(c1ccccc1)c1ccccc1.N=S(c1ccccc1)c1ccccc1.N=S(c1ccccc1)c1ccccc1.[Cu+2]. The fraction of sp³-hybridized carbons (Fsp3) is 0. The predicted molar refractivity (Wildman–Crippen MR) is 238 cm³/mol. The molecule has 57 heavy (non-hydrogen) atoms. The van der Waals surface area contributed by atoms with E-state index in [0.717, 1.165) is 39.2 Å². The molecular formula is C48H44CuN4S4+2. The van der Waals surface area contributed by atoms with Crippen LogP contribution in [0.25, 0.3) is 0 Å². The van der Waals surface area contributed by atoms with E-state index < -0.39 is 42.8 Å². The number of hydrogen-bond acceptors (Lipinski definition) is 4. The average molecular weight is 869 g/mol. The van der Waals surface area contributed by atoms with Crippen molar-refractivity contribution in [1.82, 2.24) is 0 Å². The third-order valence-corrected chi connectivity index (χ3v) is 13.8. The monoisotopic (exact) mass is 867 g/mol. The molecular weight excluding hydrogens is 824 g/mol. The Morgan fingerprint density at radius 1 is 0.175 bits per heavy atom. The molecule has 289 valence electrons. The second kappa shape index (κ2) is 25.2. The van der Waals surface area contributed by atoms with Crippen LogP contribution in [0.3, 0.4) is 0 Å². The zero-order valence-electron chi connectivity index (χ0n) is 31.0. The van der Waals surface area contributed by atoms with Gasteiger partial charge < -0.3 is 0 Å². The van der Waals surface area contributed by atoms with E-state index in [1.54, 1.807) is 0 Å². The molecule has 0 aliphatic carbocycles. The quantitative estimate of drug-likeness (QED) is 0.110. The van der Waals surface area contributed by atoms with Crippen molar-refractivity contribution in [3.05, 3.63) is 243 Å². The van der Waals surface area contributed by atoms with Gasteiger partial charge in [-0.05, 0) is 140 Å². The first kappa shape index (κ1) is 44.6. The molecule has 1 radical (unpaired) electrons. The maximum atomic E-state index is 8.08. The summed E-state index contributed by atoms with van der Waals surface area (Å²) in [5.41, 5.74) is 0. The van der Waals surface area contributed by atoms with Crippen LogP contribution in [0.1, 0.15) is 0 Å². The Morgan fingerprint density at radius 3 is 0.351 bits per heavy atom. The van der Waals surface area contributed by atoms with Crippen LogP contribution in [0.2, 0.25) is 0 Å². The Bertz CT molecular complexity index is 1880. The van der Waals surface area contributed by atoms with Crippen LogP contribution in [-0.2, 0) is 59.8 Å². The van der Waals surface area contributed by atoms with Gasteiger partial charge in [-0.25, -0.2) is 0 Å². The smallest absolute Gasteiger partial charge is 0.271 e. The van der Waals surface area contributed by atoms with Gasteiger partial charge in [0, 0.05) is 39.2 Å². The second-order valence-electron chi connectivity index (χ2n) is 11.7. The number of rotatable bonds is 8. The first-order chi connectivity index (χ1) is 27.5. The molecule has 0 spiro atoms. The molecule has 0 saturated carbocycles. The van der Waals surface area contributed by atoms with E-state index in [9.17, 15) is 0 Å². The van der Waals surface area contributed by atoms with Crippen molar-refractivity contribution in [1.29, 1.82) is 19.1 Å². The summed E-state index contributed by atoms with van der Waals surface area (Å²) < 4.78 is 32.3. The largest absolute Gasteiger partial charge is 2.00 e. The van der Waals surface area contributed by atoms with Gasteiger partial charge in [0.05, 0.1) is 0 Å². The third kappa shape index (κ3) is 14.7. The molecule has 0 aliphatic rings. The molecule has 0 atom stereocenters. The number of benzene rings is 8. The fourth-order valence-electron chi connectivity index (χ4n) is 5.00. The zero-order chi connectivity index (χ0) is 39.2. The molecule has 8 aromatic carbocycles. The van der Waals surface area contributed by atoms with Gasteiger partial charge in [0.25, 0.3) is 0 Å². The summed E-state index contributed by atoms with van der Waals surface area (Å²) in [5.74, 6) is 0. The van der Waals surface area contributed by atoms with E-state index in [4.69, 9.17) is 19.1 Å².